The van der Waals surface area contributed by atoms with Crippen LogP contribution >= 0.6 is 0 Å². The van der Waals surface area contributed by atoms with E-state index in [4.69, 9.17) is 0 Å². The summed E-state index contributed by atoms with van der Waals surface area (Å²) in [5.41, 5.74) is 10.6. The van der Waals surface area contributed by atoms with E-state index in [1.807, 2.05) is 16.7 Å². The zero-order valence-electron chi connectivity index (χ0n) is 18.3. The topological polar surface area (TPSA) is 0 Å². The molecule has 0 unspecified atom stereocenters. The van der Waals surface area contributed by atoms with E-state index in [0.717, 1.165) is 17.8 Å². The Morgan fingerprint density at radius 1 is 0.370 bits per heavy atom. The molecule has 0 bridgehead atoms. The average Bonchev–Trinajstić information content (AvgIpc) is 2.70. The van der Waals surface area contributed by atoms with Crippen LogP contribution in [0.3, 0.4) is 0 Å². The predicted molar refractivity (Wildman–Crippen MR) is 118 cm³/mol. The van der Waals surface area contributed by atoms with Crippen LogP contribution in [0.25, 0.3) is 0 Å². The lowest BCUT2D eigenvalue weighted by Crippen LogP contribution is -2.19. The molecule has 0 spiro atoms. The van der Waals surface area contributed by atoms with Gasteiger partial charge in [-0.05, 0) is 110 Å². The first kappa shape index (κ1) is 19.5. The van der Waals surface area contributed by atoms with Crippen molar-refractivity contribution in [2.24, 2.45) is 0 Å². The maximum Gasteiger partial charge on any atom is -0.0157 e. The van der Waals surface area contributed by atoms with Gasteiger partial charge in [0.2, 0.25) is 0 Å². The molecule has 0 saturated heterocycles. The first-order valence-corrected chi connectivity index (χ1v) is 12.3. The smallest absolute Gasteiger partial charge is 0.0157 e. The third kappa shape index (κ3) is 3.88. The van der Waals surface area contributed by atoms with Crippen molar-refractivity contribution >= 4 is 0 Å². The van der Waals surface area contributed by atoms with E-state index in [1.54, 1.807) is 16.7 Å². The van der Waals surface area contributed by atoms with Gasteiger partial charge in [-0.25, -0.2) is 0 Å². The molecule has 0 nitrogen and oxygen atoms in total. The van der Waals surface area contributed by atoms with E-state index < -0.39 is 0 Å². The molecule has 3 fully saturated rings. The average molecular weight is 367 g/mol. The molecule has 27 heavy (non-hydrogen) atoms. The summed E-state index contributed by atoms with van der Waals surface area (Å²) in [7, 11) is 0. The Balaban J connectivity index is 1.83. The minimum atomic E-state index is 0.851. The number of hydrogen-bond donors (Lipinski definition) is 0. The van der Waals surface area contributed by atoms with Gasteiger partial charge in [0.25, 0.3) is 0 Å². The van der Waals surface area contributed by atoms with Crippen LogP contribution < -0.4 is 0 Å². The molecule has 3 saturated carbocycles. The molecule has 0 N–H and O–H groups in total. The van der Waals surface area contributed by atoms with E-state index >= 15 is 0 Å². The summed E-state index contributed by atoms with van der Waals surface area (Å²) in [6.45, 7) is 7.54. The highest BCUT2D eigenvalue weighted by molar-refractivity contribution is 5.55. The normalized spacial score (nSPS) is 23.7. The minimum absolute atomic E-state index is 0.851. The fourth-order valence-electron chi connectivity index (χ4n) is 7.29. The van der Waals surface area contributed by atoms with Crippen LogP contribution in [0.1, 0.15) is 147 Å². The van der Waals surface area contributed by atoms with Crippen LogP contribution in [0.2, 0.25) is 0 Å². The molecule has 4 rings (SSSR count). The van der Waals surface area contributed by atoms with Gasteiger partial charge >= 0.3 is 0 Å². The monoisotopic (exact) mass is 366 g/mol. The van der Waals surface area contributed by atoms with Crippen LogP contribution in [0.15, 0.2) is 0 Å². The third-order valence-corrected chi connectivity index (χ3v) is 8.46. The second-order valence-electron chi connectivity index (χ2n) is 10.1. The summed E-state index contributed by atoms with van der Waals surface area (Å²) >= 11 is 0. The summed E-state index contributed by atoms with van der Waals surface area (Å²) in [5.74, 6) is 2.55. The molecule has 150 valence electrons. The highest BCUT2D eigenvalue weighted by Crippen LogP contribution is 2.47. The molecule has 0 heterocycles. The Hall–Kier alpha value is -0.780. The molecule has 3 aliphatic rings. The molecule has 3 aliphatic carbocycles. The predicted octanol–water partition coefficient (Wildman–Crippen LogP) is 8.75. The molecule has 0 radical (unpaired) electrons. The summed E-state index contributed by atoms with van der Waals surface area (Å²) in [4.78, 5) is 0. The minimum Gasteiger partial charge on any atom is -0.0533 e. The molecular weight excluding hydrogens is 324 g/mol. The van der Waals surface area contributed by atoms with Gasteiger partial charge in [0, 0.05) is 0 Å². The van der Waals surface area contributed by atoms with E-state index in [1.165, 1.54) is 96.3 Å². The van der Waals surface area contributed by atoms with E-state index in [9.17, 15) is 0 Å². The Morgan fingerprint density at radius 2 is 0.593 bits per heavy atom. The van der Waals surface area contributed by atoms with Crippen molar-refractivity contribution in [3.63, 3.8) is 0 Å². The SMILES string of the molecule is Cc1c(C2CCCCC2)c(C)c(C2CCCCC2)c(C)c1C1CCCCC1. The van der Waals surface area contributed by atoms with E-state index in [2.05, 4.69) is 20.8 Å². The van der Waals surface area contributed by atoms with Gasteiger partial charge in [-0.1, -0.05) is 57.8 Å². The first-order chi connectivity index (χ1) is 13.2. The molecule has 0 aromatic heterocycles. The Labute approximate surface area is 168 Å². The second kappa shape index (κ2) is 8.71. The maximum absolute atomic E-state index is 2.51. The molecule has 1 aromatic carbocycles. The molecular formula is C27H42. The number of rotatable bonds is 3. The van der Waals surface area contributed by atoms with E-state index in [-0.39, 0.29) is 0 Å². The van der Waals surface area contributed by atoms with Crippen LogP contribution in [-0.2, 0) is 0 Å². The van der Waals surface area contributed by atoms with Crippen molar-refractivity contribution < 1.29 is 0 Å². The van der Waals surface area contributed by atoms with Gasteiger partial charge in [0.1, 0.15) is 0 Å². The van der Waals surface area contributed by atoms with Crippen molar-refractivity contribution in [1.29, 1.82) is 0 Å². The summed E-state index contributed by atoms with van der Waals surface area (Å²) in [6, 6.07) is 0. The largest absolute Gasteiger partial charge is 0.0533 e. The lowest BCUT2D eigenvalue weighted by atomic mass is 9.69. The first-order valence-electron chi connectivity index (χ1n) is 12.3. The van der Waals surface area contributed by atoms with Crippen LogP contribution in [-0.4, -0.2) is 0 Å². The van der Waals surface area contributed by atoms with E-state index in [0.29, 0.717) is 0 Å². The Bertz CT molecular complexity index is 523. The lowest BCUT2D eigenvalue weighted by molar-refractivity contribution is 0.421. The van der Waals surface area contributed by atoms with Crippen molar-refractivity contribution in [1.82, 2.24) is 0 Å². The van der Waals surface area contributed by atoms with Crippen LogP contribution in [0.5, 0.6) is 0 Å². The quantitative estimate of drug-likeness (QED) is 0.501. The van der Waals surface area contributed by atoms with Crippen LogP contribution in [0, 0.1) is 20.8 Å². The third-order valence-electron chi connectivity index (χ3n) is 8.46. The molecule has 0 aliphatic heterocycles. The zero-order chi connectivity index (χ0) is 18.8. The highest BCUT2D eigenvalue weighted by Gasteiger charge is 2.30. The highest BCUT2D eigenvalue weighted by atomic mass is 14.4. The molecule has 0 heteroatoms. The van der Waals surface area contributed by atoms with Crippen molar-refractivity contribution in [2.45, 2.75) is 135 Å². The Kier molecular flexibility index (Phi) is 6.30. The van der Waals surface area contributed by atoms with Crippen molar-refractivity contribution in [3.8, 4) is 0 Å². The fraction of sp³-hybridized carbons (Fsp3) is 0.778. The van der Waals surface area contributed by atoms with Gasteiger partial charge in [-0.15, -0.1) is 0 Å². The number of hydrogen-bond acceptors (Lipinski definition) is 0. The zero-order valence-corrected chi connectivity index (χ0v) is 18.3. The maximum atomic E-state index is 2.51. The molecule has 1 aromatic rings. The summed E-state index contributed by atoms with van der Waals surface area (Å²) < 4.78 is 0. The fourth-order valence-corrected chi connectivity index (χ4v) is 7.29. The second-order valence-corrected chi connectivity index (χ2v) is 10.1. The molecule has 0 amide bonds. The lowest BCUT2D eigenvalue weighted by Gasteiger charge is -2.36. The summed E-state index contributed by atoms with van der Waals surface area (Å²) in [6.07, 6.45) is 21.8. The van der Waals surface area contributed by atoms with Gasteiger partial charge < -0.3 is 0 Å². The van der Waals surface area contributed by atoms with Gasteiger partial charge in [-0.2, -0.15) is 0 Å². The van der Waals surface area contributed by atoms with Crippen molar-refractivity contribution in [3.05, 3.63) is 33.4 Å². The standard InChI is InChI=1S/C27H42/c1-19-25(22-13-7-4-8-14-22)20(2)27(24-17-11-6-12-18-24)21(3)26(19)23-15-9-5-10-16-23/h22-24H,4-18H2,1-3H3. The van der Waals surface area contributed by atoms with Gasteiger partial charge in [-0.3, -0.25) is 0 Å². The molecule has 0 atom stereocenters. The number of benzene rings is 1. The van der Waals surface area contributed by atoms with Crippen LogP contribution in [0.4, 0.5) is 0 Å². The van der Waals surface area contributed by atoms with Gasteiger partial charge in [0.05, 0.1) is 0 Å². The Morgan fingerprint density at radius 3 is 0.815 bits per heavy atom. The summed E-state index contributed by atoms with van der Waals surface area (Å²) in [5, 5.41) is 0. The van der Waals surface area contributed by atoms with Gasteiger partial charge in [0.15, 0.2) is 0 Å². The van der Waals surface area contributed by atoms with Crippen molar-refractivity contribution in [2.75, 3.05) is 0 Å².